The lowest BCUT2D eigenvalue weighted by Gasteiger charge is -1.92. The van der Waals surface area contributed by atoms with Gasteiger partial charge in [-0.3, -0.25) is 9.59 Å². The zero-order chi connectivity index (χ0) is 10.7. The molecule has 0 atom stereocenters. The first-order valence-corrected chi connectivity index (χ1v) is 4.18. The molecule has 0 rings (SSSR count). The fourth-order valence-electron chi connectivity index (χ4n) is 0.552. The van der Waals surface area contributed by atoms with E-state index in [1.807, 2.05) is 6.92 Å². The second-order valence-electron chi connectivity index (χ2n) is 2.40. The molecule has 5 heteroatoms. The van der Waals surface area contributed by atoms with E-state index in [9.17, 15) is 9.59 Å². The lowest BCUT2D eigenvalue weighted by Crippen LogP contribution is -1.97. The number of carbonyl (C=O) groups is 2. The van der Waals surface area contributed by atoms with Gasteiger partial charge in [-0.05, 0) is 19.4 Å². The van der Waals surface area contributed by atoms with Crippen molar-refractivity contribution in [1.29, 1.82) is 0 Å². The predicted octanol–water partition coefficient (Wildman–Crippen LogP) is 0.681. The zero-order valence-electron chi connectivity index (χ0n) is 7.82. The van der Waals surface area contributed by atoms with Crippen molar-refractivity contribution in [3.05, 3.63) is 0 Å². The molecule has 78 valence electrons. The number of carboxylic acids is 2. The Morgan fingerprint density at radius 2 is 1.31 bits per heavy atom. The minimum Gasteiger partial charge on any atom is -0.481 e. The largest absolute Gasteiger partial charge is 0.481 e. The van der Waals surface area contributed by atoms with Gasteiger partial charge in [0.05, 0.1) is 0 Å². The maximum Gasteiger partial charge on any atom is 0.303 e. The topological polar surface area (TPSA) is 101 Å². The summed E-state index contributed by atoms with van der Waals surface area (Å²) in [5.74, 6) is -1.74. The van der Waals surface area contributed by atoms with Crippen LogP contribution in [0.15, 0.2) is 0 Å². The highest BCUT2D eigenvalue weighted by Gasteiger charge is 1.99. The SMILES string of the molecule is CCN.O=C(O)CCCCC(=O)O. The average Bonchev–Trinajstić information content (AvgIpc) is 1.99. The molecule has 0 fully saturated rings. The summed E-state index contributed by atoms with van der Waals surface area (Å²) in [6.45, 7) is 2.65. The molecule has 0 spiro atoms. The van der Waals surface area contributed by atoms with Gasteiger partial charge in [0, 0.05) is 12.8 Å². The third-order valence-electron chi connectivity index (χ3n) is 1.03. The Kier molecular flexibility index (Phi) is 12.1. The van der Waals surface area contributed by atoms with E-state index in [4.69, 9.17) is 15.9 Å². The van der Waals surface area contributed by atoms with Gasteiger partial charge in [-0.2, -0.15) is 0 Å². The molecule has 0 bridgehead atoms. The molecule has 0 aromatic heterocycles. The van der Waals surface area contributed by atoms with E-state index in [2.05, 4.69) is 0 Å². The van der Waals surface area contributed by atoms with Crippen molar-refractivity contribution < 1.29 is 19.8 Å². The predicted molar refractivity (Wildman–Crippen MR) is 48.5 cm³/mol. The molecule has 0 saturated carbocycles. The van der Waals surface area contributed by atoms with Crippen molar-refractivity contribution in [3.8, 4) is 0 Å². The Bertz CT molecular complexity index is 131. The Hall–Kier alpha value is -1.10. The van der Waals surface area contributed by atoms with Crippen molar-refractivity contribution in [2.45, 2.75) is 32.6 Å². The van der Waals surface area contributed by atoms with Crippen molar-refractivity contribution in [2.24, 2.45) is 5.73 Å². The van der Waals surface area contributed by atoms with Crippen LogP contribution in [0, 0.1) is 0 Å². The molecule has 0 aromatic rings. The maximum absolute atomic E-state index is 9.90. The molecule has 0 amide bonds. The van der Waals surface area contributed by atoms with Crippen molar-refractivity contribution >= 4 is 11.9 Å². The van der Waals surface area contributed by atoms with Gasteiger partial charge >= 0.3 is 11.9 Å². The Morgan fingerprint density at radius 1 is 1.08 bits per heavy atom. The van der Waals surface area contributed by atoms with Gasteiger partial charge in [0.2, 0.25) is 0 Å². The summed E-state index contributed by atoms with van der Waals surface area (Å²) in [7, 11) is 0. The van der Waals surface area contributed by atoms with E-state index in [0.717, 1.165) is 6.54 Å². The van der Waals surface area contributed by atoms with Crippen LogP contribution >= 0.6 is 0 Å². The molecule has 0 saturated heterocycles. The second-order valence-corrected chi connectivity index (χ2v) is 2.40. The molecule has 0 aliphatic carbocycles. The summed E-state index contributed by atoms with van der Waals surface area (Å²) >= 11 is 0. The van der Waals surface area contributed by atoms with Gasteiger partial charge in [-0.25, -0.2) is 0 Å². The molecule has 0 radical (unpaired) electrons. The minimum absolute atomic E-state index is 0.0628. The van der Waals surface area contributed by atoms with E-state index < -0.39 is 11.9 Å². The smallest absolute Gasteiger partial charge is 0.303 e. The molecular formula is C8H17NO4. The van der Waals surface area contributed by atoms with Crippen LogP contribution in [-0.4, -0.2) is 28.7 Å². The number of hydrogen-bond donors (Lipinski definition) is 3. The van der Waals surface area contributed by atoms with Crippen LogP contribution in [0.25, 0.3) is 0 Å². The first-order valence-electron chi connectivity index (χ1n) is 4.18. The number of unbranched alkanes of at least 4 members (excludes halogenated alkanes) is 1. The highest BCUT2D eigenvalue weighted by Crippen LogP contribution is 1.98. The highest BCUT2D eigenvalue weighted by atomic mass is 16.4. The van der Waals surface area contributed by atoms with Gasteiger partial charge in [0.1, 0.15) is 0 Å². The Labute approximate surface area is 77.6 Å². The normalized spacial score (nSPS) is 8.46. The second kappa shape index (κ2) is 10.9. The van der Waals surface area contributed by atoms with Crippen LogP contribution in [0.1, 0.15) is 32.6 Å². The summed E-state index contributed by atoms with van der Waals surface area (Å²) < 4.78 is 0. The van der Waals surface area contributed by atoms with Gasteiger partial charge in [0.25, 0.3) is 0 Å². The first kappa shape index (κ1) is 14.4. The number of hydrogen-bond acceptors (Lipinski definition) is 3. The van der Waals surface area contributed by atoms with Crippen molar-refractivity contribution in [2.75, 3.05) is 6.54 Å². The molecule has 0 aromatic carbocycles. The van der Waals surface area contributed by atoms with E-state index in [-0.39, 0.29) is 12.8 Å². The van der Waals surface area contributed by atoms with Gasteiger partial charge in [0.15, 0.2) is 0 Å². The van der Waals surface area contributed by atoms with Crippen LogP contribution in [0.4, 0.5) is 0 Å². The Morgan fingerprint density at radius 3 is 1.46 bits per heavy atom. The Balaban J connectivity index is 0. The summed E-state index contributed by atoms with van der Waals surface area (Å²) in [6, 6.07) is 0. The maximum atomic E-state index is 9.90. The fraction of sp³-hybridized carbons (Fsp3) is 0.750. The molecular weight excluding hydrogens is 174 g/mol. The van der Waals surface area contributed by atoms with Crippen molar-refractivity contribution in [3.63, 3.8) is 0 Å². The van der Waals surface area contributed by atoms with Gasteiger partial charge < -0.3 is 15.9 Å². The molecule has 0 aliphatic rings. The molecule has 0 heterocycles. The number of aliphatic carboxylic acids is 2. The highest BCUT2D eigenvalue weighted by molar-refractivity contribution is 5.67. The van der Waals surface area contributed by atoms with Crippen LogP contribution in [0.3, 0.4) is 0 Å². The van der Waals surface area contributed by atoms with E-state index in [1.54, 1.807) is 0 Å². The van der Waals surface area contributed by atoms with Crippen LogP contribution in [0.5, 0.6) is 0 Å². The molecule has 4 N–H and O–H groups in total. The summed E-state index contributed by atoms with van der Waals surface area (Å²) in [4.78, 5) is 19.8. The number of rotatable bonds is 5. The van der Waals surface area contributed by atoms with Crippen LogP contribution < -0.4 is 5.73 Å². The molecule has 13 heavy (non-hydrogen) atoms. The van der Waals surface area contributed by atoms with Crippen molar-refractivity contribution in [1.82, 2.24) is 0 Å². The molecule has 5 nitrogen and oxygen atoms in total. The van der Waals surface area contributed by atoms with Crippen LogP contribution in [-0.2, 0) is 9.59 Å². The van der Waals surface area contributed by atoms with E-state index >= 15 is 0 Å². The van der Waals surface area contributed by atoms with Gasteiger partial charge in [-0.1, -0.05) is 6.92 Å². The quantitative estimate of drug-likeness (QED) is 0.555. The standard InChI is InChI=1S/C6H10O4.C2H7N/c7-5(8)3-1-2-4-6(9)10;1-2-3/h1-4H2,(H,7,8)(H,9,10);2-3H2,1H3. The zero-order valence-corrected chi connectivity index (χ0v) is 7.82. The number of carboxylic acid groups (broad SMARTS) is 2. The third-order valence-corrected chi connectivity index (χ3v) is 1.03. The lowest BCUT2D eigenvalue weighted by molar-refractivity contribution is -0.139. The van der Waals surface area contributed by atoms with E-state index in [1.165, 1.54) is 0 Å². The summed E-state index contributed by atoms with van der Waals surface area (Å²) in [5, 5.41) is 16.3. The number of nitrogens with two attached hydrogens (primary N) is 1. The molecule has 0 unspecified atom stereocenters. The minimum atomic E-state index is -0.870. The lowest BCUT2D eigenvalue weighted by atomic mass is 10.2. The average molecular weight is 191 g/mol. The fourth-order valence-corrected chi connectivity index (χ4v) is 0.552. The van der Waals surface area contributed by atoms with Crippen LogP contribution in [0.2, 0.25) is 0 Å². The first-order chi connectivity index (χ1) is 6.04. The molecule has 0 aliphatic heterocycles. The summed E-state index contributed by atoms with van der Waals surface area (Å²) in [5.41, 5.74) is 4.85. The van der Waals surface area contributed by atoms with E-state index in [0.29, 0.717) is 12.8 Å². The third kappa shape index (κ3) is 24.8. The monoisotopic (exact) mass is 191 g/mol. The summed E-state index contributed by atoms with van der Waals surface area (Å²) in [6.07, 6.45) is 1.02. The van der Waals surface area contributed by atoms with Gasteiger partial charge in [-0.15, -0.1) is 0 Å².